The summed E-state index contributed by atoms with van der Waals surface area (Å²) in [5, 5.41) is 14.6. The zero-order chi connectivity index (χ0) is 15.1. The predicted molar refractivity (Wildman–Crippen MR) is 82.2 cm³/mol. The molecule has 0 aliphatic carbocycles. The van der Waals surface area contributed by atoms with E-state index < -0.39 is 0 Å². The quantitative estimate of drug-likeness (QED) is 0.762. The first-order valence-electron chi connectivity index (χ1n) is 7.49. The molecule has 0 aromatic carbocycles. The van der Waals surface area contributed by atoms with Crippen molar-refractivity contribution in [3.05, 3.63) is 23.9 Å². The highest BCUT2D eigenvalue weighted by molar-refractivity contribution is 5.88. The van der Waals surface area contributed by atoms with Gasteiger partial charge in [0.15, 0.2) is 0 Å². The zero-order valence-electron chi connectivity index (χ0n) is 12.5. The summed E-state index contributed by atoms with van der Waals surface area (Å²) in [5.41, 5.74) is 0.879. The topological polar surface area (TPSA) is 77.5 Å². The number of carbonyl (C=O) groups is 1. The van der Waals surface area contributed by atoms with E-state index in [2.05, 4.69) is 20.5 Å². The molecule has 2 rings (SSSR count). The molecular formula is C15H24N4O2. The van der Waals surface area contributed by atoms with Gasteiger partial charge >= 0.3 is 6.03 Å². The number of hydrogen-bond donors (Lipinski definition) is 3. The summed E-state index contributed by atoms with van der Waals surface area (Å²) in [5.74, 6) is 1.08. The maximum Gasteiger partial charge on any atom is 0.320 e. The maximum absolute atomic E-state index is 11.8. The molecular weight excluding hydrogens is 268 g/mol. The number of amides is 2. The van der Waals surface area contributed by atoms with Gasteiger partial charge in [-0.05, 0) is 50.9 Å². The van der Waals surface area contributed by atoms with Crippen LogP contribution in [0.2, 0.25) is 0 Å². The molecule has 0 spiro atoms. The van der Waals surface area contributed by atoms with Gasteiger partial charge in [-0.3, -0.25) is 5.32 Å². The molecule has 6 nitrogen and oxygen atoms in total. The van der Waals surface area contributed by atoms with Crippen molar-refractivity contribution in [2.75, 3.05) is 38.1 Å². The summed E-state index contributed by atoms with van der Waals surface area (Å²) in [6.07, 6.45) is 2.12. The fraction of sp³-hybridized carbons (Fsp3) is 0.600. The maximum atomic E-state index is 11.8. The van der Waals surface area contributed by atoms with Crippen molar-refractivity contribution in [1.29, 1.82) is 0 Å². The molecule has 0 saturated carbocycles. The standard InChI is InChI=1S/C15H24N4O2/c1-12-3-2-4-14(17-12)18-15(21)16-11-13-5-7-19(8-6-13)9-10-20/h2-4,13,20H,5-11H2,1H3,(H2,16,17,18,21). The lowest BCUT2D eigenvalue weighted by molar-refractivity contribution is 0.147. The largest absolute Gasteiger partial charge is 0.395 e. The smallest absolute Gasteiger partial charge is 0.320 e. The fourth-order valence-corrected chi connectivity index (χ4v) is 2.57. The Labute approximate surface area is 125 Å². The Morgan fingerprint density at radius 3 is 2.86 bits per heavy atom. The molecule has 2 heterocycles. The van der Waals surface area contributed by atoms with Crippen LogP contribution < -0.4 is 10.6 Å². The van der Waals surface area contributed by atoms with Crippen molar-refractivity contribution in [3.8, 4) is 0 Å². The summed E-state index contributed by atoms with van der Waals surface area (Å²) >= 11 is 0. The molecule has 1 aliphatic heterocycles. The van der Waals surface area contributed by atoms with Gasteiger partial charge in [0.1, 0.15) is 5.82 Å². The molecule has 1 aromatic heterocycles. The average molecular weight is 292 g/mol. The monoisotopic (exact) mass is 292 g/mol. The van der Waals surface area contributed by atoms with E-state index in [0.717, 1.165) is 38.2 Å². The molecule has 21 heavy (non-hydrogen) atoms. The number of rotatable bonds is 5. The number of aromatic nitrogens is 1. The molecule has 0 unspecified atom stereocenters. The number of aliphatic hydroxyl groups excluding tert-OH is 1. The van der Waals surface area contributed by atoms with Gasteiger partial charge in [-0.15, -0.1) is 0 Å². The second-order valence-electron chi connectivity index (χ2n) is 5.51. The molecule has 6 heteroatoms. The number of aryl methyl sites for hydroxylation is 1. The van der Waals surface area contributed by atoms with E-state index >= 15 is 0 Å². The summed E-state index contributed by atoms with van der Waals surface area (Å²) in [6, 6.07) is 5.34. The fourth-order valence-electron chi connectivity index (χ4n) is 2.57. The van der Waals surface area contributed by atoms with Gasteiger partial charge in [0, 0.05) is 18.8 Å². The molecule has 0 bridgehead atoms. The second kappa shape index (κ2) is 7.95. The van der Waals surface area contributed by atoms with Crippen LogP contribution in [0.1, 0.15) is 18.5 Å². The highest BCUT2D eigenvalue weighted by Crippen LogP contribution is 2.15. The van der Waals surface area contributed by atoms with Crippen LogP contribution in [-0.4, -0.2) is 53.8 Å². The number of β-amino-alcohol motifs (C(OH)–C–C–N with tert-alkyl or cyclic N) is 1. The van der Waals surface area contributed by atoms with Gasteiger partial charge in [-0.25, -0.2) is 9.78 Å². The minimum absolute atomic E-state index is 0.203. The molecule has 2 amide bonds. The van der Waals surface area contributed by atoms with E-state index in [1.165, 1.54) is 0 Å². The first-order chi connectivity index (χ1) is 10.2. The Morgan fingerprint density at radius 1 is 1.43 bits per heavy atom. The minimum atomic E-state index is -0.203. The van der Waals surface area contributed by atoms with Crippen LogP contribution in [0.25, 0.3) is 0 Å². The van der Waals surface area contributed by atoms with Crippen LogP contribution in [-0.2, 0) is 0 Å². The first kappa shape index (κ1) is 15.7. The van der Waals surface area contributed by atoms with Crippen LogP contribution in [0.15, 0.2) is 18.2 Å². The van der Waals surface area contributed by atoms with Crippen molar-refractivity contribution in [2.45, 2.75) is 19.8 Å². The molecule has 1 saturated heterocycles. The highest BCUT2D eigenvalue weighted by Gasteiger charge is 2.19. The van der Waals surface area contributed by atoms with Crippen molar-refractivity contribution in [1.82, 2.24) is 15.2 Å². The number of urea groups is 1. The third-order valence-electron chi connectivity index (χ3n) is 3.80. The van der Waals surface area contributed by atoms with Crippen LogP contribution in [0, 0.1) is 12.8 Å². The number of aliphatic hydroxyl groups is 1. The van der Waals surface area contributed by atoms with Crippen molar-refractivity contribution in [2.24, 2.45) is 5.92 Å². The highest BCUT2D eigenvalue weighted by atomic mass is 16.3. The number of carbonyl (C=O) groups excluding carboxylic acids is 1. The third-order valence-corrected chi connectivity index (χ3v) is 3.80. The summed E-state index contributed by atoms with van der Waals surface area (Å²) < 4.78 is 0. The predicted octanol–water partition coefficient (Wildman–Crippen LogP) is 1.22. The van der Waals surface area contributed by atoms with Crippen molar-refractivity contribution < 1.29 is 9.90 Å². The number of nitrogens with one attached hydrogen (secondary N) is 2. The Kier molecular flexibility index (Phi) is 5.95. The van der Waals surface area contributed by atoms with Gasteiger partial charge in [0.25, 0.3) is 0 Å². The van der Waals surface area contributed by atoms with E-state index in [1.54, 1.807) is 6.07 Å². The van der Waals surface area contributed by atoms with E-state index in [9.17, 15) is 4.79 Å². The number of anilines is 1. The number of pyridine rings is 1. The van der Waals surface area contributed by atoms with Crippen molar-refractivity contribution >= 4 is 11.8 Å². The van der Waals surface area contributed by atoms with E-state index in [-0.39, 0.29) is 12.6 Å². The van der Waals surface area contributed by atoms with Crippen LogP contribution in [0.4, 0.5) is 10.6 Å². The van der Waals surface area contributed by atoms with Gasteiger partial charge in [0.2, 0.25) is 0 Å². The van der Waals surface area contributed by atoms with Gasteiger partial charge < -0.3 is 15.3 Å². The molecule has 116 valence electrons. The second-order valence-corrected chi connectivity index (χ2v) is 5.51. The molecule has 0 radical (unpaired) electrons. The summed E-state index contributed by atoms with van der Waals surface area (Å²) in [4.78, 5) is 18.3. The number of piperidine rings is 1. The normalized spacial score (nSPS) is 16.7. The van der Waals surface area contributed by atoms with Crippen LogP contribution in [0.5, 0.6) is 0 Å². The van der Waals surface area contributed by atoms with Crippen molar-refractivity contribution in [3.63, 3.8) is 0 Å². The van der Waals surface area contributed by atoms with Crippen LogP contribution >= 0.6 is 0 Å². The van der Waals surface area contributed by atoms with E-state index in [1.807, 2.05) is 19.1 Å². The lowest BCUT2D eigenvalue weighted by Gasteiger charge is -2.31. The molecule has 1 aliphatic rings. The van der Waals surface area contributed by atoms with Crippen LogP contribution in [0.3, 0.4) is 0 Å². The Morgan fingerprint density at radius 2 is 2.19 bits per heavy atom. The Balaban J connectivity index is 1.68. The van der Waals surface area contributed by atoms with Gasteiger partial charge in [0.05, 0.1) is 6.61 Å². The summed E-state index contributed by atoms with van der Waals surface area (Å²) in [7, 11) is 0. The SMILES string of the molecule is Cc1cccc(NC(=O)NCC2CCN(CCO)CC2)n1. The Hall–Kier alpha value is -1.66. The lowest BCUT2D eigenvalue weighted by Crippen LogP contribution is -2.40. The van der Waals surface area contributed by atoms with Gasteiger partial charge in [-0.2, -0.15) is 0 Å². The third kappa shape index (κ3) is 5.32. The number of likely N-dealkylation sites (tertiary alicyclic amines) is 1. The van der Waals surface area contributed by atoms with E-state index in [0.29, 0.717) is 18.3 Å². The number of hydrogen-bond acceptors (Lipinski definition) is 4. The minimum Gasteiger partial charge on any atom is -0.395 e. The molecule has 3 N–H and O–H groups in total. The average Bonchev–Trinajstić information content (AvgIpc) is 2.47. The number of nitrogens with zero attached hydrogens (tertiary/aromatic N) is 2. The Bertz CT molecular complexity index is 459. The molecule has 1 fully saturated rings. The first-order valence-corrected chi connectivity index (χ1v) is 7.49. The van der Waals surface area contributed by atoms with E-state index in [4.69, 9.17) is 5.11 Å². The lowest BCUT2D eigenvalue weighted by atomic mass is 9.97. The molecule has 0 atom stereocenters. The van der Waals surface area contributed by atoms with Gasteiger partial charge in [-0.1, -0.05) is 6.07 Å². The molecule has 1 aromatic rings. The summed E-state index contributed by atoms with van der Waals surface area (Å²) in [6.45, 7) is 5.53. The zero-order valence-corrected chi connectivity index (χ0v) is 12.5.